The summed E-state index contributed by atoms with van der Waals surface area (Å²) in [6.45, 7) is 7.69. The molecule has 0 fully saturated rings. The third-order valence-electron chi connectivity index (χ3n) is 2.91. The highest BCUT2D eigenvalue weighted by Crippen LogP contribution is 2.09. The van der Waals surface area contributed by atoms with Gasteiger partial charge >= 0.3 is 6.09 Å². The molecule has 1 unspecified atom stereocenters. The number of amides is 1. The van der Waals surface area contributed by atoms with Crippen LogP contribution in [0.4, 0.5) is 4.79 Å². The van der Waals surface area contributed by atoms with Crippen LogP contribution in [0, 0.1) is 0 Å². The van der Waals surface area contributed by atoms with E-state index in [-0.39, 0.29) is 12.1 Å². The molecule has 126 valence electrons. The van der Waals surface area contributed by atoms with Gasteiger partial charge in [-0.25, -0.2) is 4.79 Å². The van der Waals surface area contributed by atoms with E-state index in [2.05, 4.69) is 28.1 Å². The molecule has 1 amide bonds. The molecule has 0 spiro atoms. The van der Waals surface area contributed by atoms with Gasteiger partial charge in [-0.15, -0.1) is 11.3 Å². The summed E-state index contributed by atoms with van der Waals surface area (Å²) in [7, 11) is 1.71. The smallest absolute Gasteiger partial charge is 0.407 e. The molecular formula is C16H28N2O3S. The Morgan fingerprint density at radius 2 is 2.18 bits per heavy atom. The minimum Gasteiger partial charge on any atom is -0.444 e. The van der Waals surface area contributed by atoms with Gasteiger partial charge in [0.2, 0.25) is 0 Å². The van der Waals surface area contributed by atoms with Crippen molar-refractivity contribution in [2.45, 2.75) is 51.8 Å². The van der Waals surface area contributed by atoms with E-state index in [0.29, 0.717) is 13.2 Å². The number of thiophene rings is 1. The first-order chi connectivity index (χ1) is 10.4. The number of carbonyl (C=O) groups excluding carboxylic acids is 1. The van der Waals surface area contributed by atoms with Crippen molar-refractivity contribution < 1.29 is 14.3 Å². The number of rotatable bonds is 9. The fourth-order valence-corrected chi connectivity index (χ4v) is 2.61. The molecule has 0 aromatic carbocycles. The van der Waals surface area contributed by atoms with Crippen LogP contribution in [0.15, 0.2) is 17.5 Å². The van der Waals surface area contributed by atoms with Crippen LogP contribution in [0.2, 0.25) is 0 Å². The van der Waals surface area contributed by atoms with Crippen LogP contribution >= 0.6 is 11.3 Å². The maximum atomic E-state index is 11.5. The maximum Gasteiger partial charge on any atom is 0.407 e. The zero-order chi connectivity index (χ0) is 16.4. The van der Waals surface area contributed by atoms with E-state index < -0.39 is 5.60 Å². The fourth-order valence-electron chi connectivity index (χ4n) is 1.96. The minimum absolute atomic E-state index is 0.285. The van der Waals surface area contributed by atoms with Crippen LogP contribution in [0.3, 0.4) is 0 Å². The second kappa shape index (κ2) is 9.82. The summed E-state index contributed by atoms with van der Waals surface area (Å²) < 4.78 is 10.4. The molecule has 5 nitrogen and oxygen atoms in total. The lowest BCUT2D eigenvalue weighted by atomic mass is 10.1. The lowest BCUT2D eigenvalue weighted by Crippen LogP contribution is -2.35. The van der Waals surface area contributed by atoms with Crippen molar-refractivity contribution in [3.05, 3.63) is 22.4 Å². The number of nitrogens with one attached hydrogen (secondary N) is 2. The largest absolute Gasteiger partial charge is 0.444 e. The Morgan fingerprint density at radius 3 is 2.77 bits per heavy atom. The summed E-state index contributed by atoms with van der Waals surface area (Å²) in [5.41, 5.74) is -0.453. The normalized spacial score (nSPS) is 12.9. The van der Waals surface area contributed by atoms with Gasteiger partial charge in [0.25, 0.3) is 0 Å². The molecule has 0 aliphatic heterocycles. The molecule has 1 atom stereocenters. The molecule has 0 saturated carbocycles. The molecule has 1 aromatic rings. The molecule has 0 radical (unpaired) electrons. The molecule has 22 heavy (non-hydrogen) atoms. The Morgan fingerprint density at radius 1 is 1.41 bits per heavy atom. The summed E-state index contributed by atoms with van der Waals surface area (Å²) >= 11 is 1.74. The average molecular weight is 328 g/mol. The number of carbonyl (C=O) groups is 1. The zero-order valence-electron chi connectivity index (χ0n) is 14.0. The summed E-state index contributed by atoms with van der Waals surface area (Å²) in [5.74, 6) is 0. The number of methoxy groups -OCH3 is 1. The van der Waals surface area contributed by atoms with E-state index in [1.165, 1.54) is 4.88 Å². The third kappa shape index (κ3) is 9.02. The van der Waals surface area contributed by atoms with Gasteiger partial charge in [-0.1, -0.05) is 6.07 Å². The fraction of sp³-hybridized carbons (Fsp3) is 0.688. The molecule has 1 heterocycles. The quantitative estimate of drug-likeness (QED) is 0.684. The Hall–Kier alpha value is -1.11. The minimum atomic E-state index is -0.453. The van der Waals surface area contributed by atoms with Crippen molar-refractivity contribution in [3.8, 4) is 0 Å². The Kier molecular flexibility index (Phi) is 8.45. The predicted octanol–water partition coefficient (Wildman–Crippen LogP) is 3.16. The summed E-state index contributed by atoms with van der Waals surface area (Å²) in [6.07, 6.45) is 1.46. The highest BCUT2D eigenvalue weighted by molar-refractivity contribution is 7.09. The monoisotopic (exact) mass is 328 g/mol. The molecule has 6 heteroatoms. The van der Waals surface area contributed by atoms with Crippen molar-refractivity contribution in [1.29, 1.82) is 0 Å². The average Bonchev–Trinajstić information content (AvgIpc) is 2.92. The van der Waals surface area contributed by atoms with Gasteiger partial charge in [0.15, 0.2) is 0 Å². The summed E-state index contributed by atoms with van der Waals surface area (Å²) in [6, 6.07) is 4.45. The molecule has 0 aliphatic rings. The van der Waals surface area contributed by atoms with E-state index in [4.69, 9.17) is 9.47 Å². The Bertz CT molecular complexity index is 416. The molecule has 0 bridgehead atoms. The van der Waals surface area contributed by atoms with E-state index in [1.807, 2.05) is 20.8 Å². The molecule has 2 N–H and O–H groups in total. The van der Waals surface area contributed by atoms with Crippen molar-refractivity contribution in [2.24, 2.45) is 0 Å². The topological polar surface area (TPSA) is 59.6 Å². The Labute approximate surface area is 137 Å². The lowest BCUT2D eigenvalue weighted by molar-refractivity contribution is 0.0526. The van der Waals surface area contributed by atoms with Gasteiger partial charge in [-0.2, -0.15) is 0 Å². The van der Waals surface area contributed by atoms with Gasteiger partial charge in [-0.3, -0.25) is 0 Å². The first-order valence-corrected chi connectivity index (χ1v) is 8.50. The van der Waals surface area contributed by atoms with E-state index in [1.54, 1.807) is 18.4 Å². The van der Waals surface area contributed by atoms with E-state index in [9.17, 15) is 4.79 Å². The van der Waals surface area contributed by atoms with Crippen LogP contribution in [-0.4, -0.2) is 38.0 Å². The molecular weight excluding hydrogens is 300 g/mol. The number of alkyl carbamates (subject to hydrolysis) is 1. The van der Waals surface area contributed by atoms with Crippen molar-refractivity contribution >= 4 is 17.4 Å². The summed E-state index contributed by atoms with van der Waals surface area (Å²) in [5, 5.41) is 8.35. The molecule has 1 aromatic heterocycles. The van der Waals surface area contributed by atoms with Crippen LogP contribution in [-0.2, 0) is 16.0 Å². The Balaban J connectivity index is 2.19. The highest BCUT2D eigenvalue weighted by atomic mass is 32.1. The third-order valence-corrected chi connectivity index (χ3v) is 3.79. The molecule has 0 aliphatic carbocycles. The van der Waals surface area contributed by atoms with Crippen molar-refractivity contribution in [1.82, 2.24) is 10.6 Å². The van der Waals surface area contributed by atoms with Gasteiger partial charge in [0.1, 0.15) is 5.60 Å². The molecule has 1 rings (SSSR count). The van der Waals surface area contributed by atoms with Crippen LogP contribution in [0.1, 0.15) is 38.5 Å². The van der Waals surface area contributed by atoms with Gasteiger partial charge in [0, 0.05) is 31.1 Å². The van der Waals surface area contributed by atoms with Gasteiger partial charge in [-0.05, 0) is 45.1 Å². The summed E-state index contributed by atoms with van der Waals surface area (Å²) in [4.78, 5) is 12.9. The van der Waals surface area contributed by atoms with Crippen LogP contribution < -0.4 is 10.6 Å². The predicted molar refractivity (Wildman–Crippen MR) is 90.3 cm³/mol. The first-order valence-electron chi connectivity index (χ1n) is 7.62. The van der Waals surface area contributed by atoms with Gasteiger partial charge < -0.3 is 20.1 Å². The van der Waals surface area contributed by atoms with E-state index >= 15 is 0 Å². The van der Waals surface area contributed by atoms with Crippen molar-refractivity contribution in [2.75, 3.05) is 20.3 Å². The SMILES string of the molecule is COCC(CCCNC(=O)OC(C)(C)C)NCc1cccs1. The number of hydrogen-bond acceptors (Lipinski definition) is 5. The standard InChI is InChI=1S/C16H28N2O3S/c1-16(2,3)21-15(19)17-9-5-7-13(12-20-4)18-11-14-8-6-10-22-14/h6,8,10,13,18H,5,7,9,11-12H2,1-4H3,(H,17,19). The zero-order valence-corrected chi connectivity index (χ0v) is 14.8. The van der Waals surface area contributed by atoms with Crippen molar-refractivity contribution in [3.63, 3.8) is 0 Å². The first kappa shape index (κ1) is 18.9. The second-order valence-corrected chi connectivity index (χ2v) is 7.22. The van der Waals surface area contributed by atoms with Crippen LogP contribution in [0.25, 0.3) is 0 Å². The number of hydrogen-bond donors (Lipinski definition) is 2. The maximum absolute atomic E-state index is 11.5. The molecule has 0 saturated heterocycles. The lowest BCUT2D eigenvalue weighted by Gasteiger charge is -2.20. The second-order valence-electron chi connectivity index (χ2n) is 6.18. The number of ether oxygens (including phenoxy) is 2. The highest BCUT2D eigenvalue weighted by Gasteiger charge is 2.15. The van der Waals surface area contributed by atoms with E-state index in [0.717, 1.165) is 19.4 Å². The van der Waals surface area contributed by atoms with Crippen LogP contribution in [0.5, 0.6) is 0 Å². The van der Waals surface area contributed by atoms with Gasteiger partial charge in [0.05, 0.1) is 6.61 Å².